The van der Waals surface area contributed by atoms with Crippen molar-refractivity contribution in [3.05, 3.63) is 28.2 Å². The summed E-state index contributed by atoms with van der Waals surface area (Å²) in [6.07, 6.45) is 2.59. The Kier molecular flexibility index (Phi) is 5.48. The molecule has 0 spiro atoms. The highest BCUT2D eigenvalue weighted by molar-refractivity contribution is 9.10. The quantitative estimate of drug-likeness (QED) is 0.863. The highest BCUT2D eigenvalue weighted by atomic mass is 79.9. The van der Waals surface area contributed by atoms with Gasteiger partial charge in [-0.25, -0.2) is 4.79 Å². The summed E-state index contributed by atoms with van der Waals surface area (Å²) < 4.78 is 0.678. The van der Waals surface area contributed by atoms with Crippen LogP contribution in [0, 0.1) is 5.92 Å². The molecule has 0 saturated carbocycles. The Morgan fingerprint density at radius 1 is 1.35 bits per heavy atom. The monoisotopic (exact) mass is 357 g/mol. The molecule has 1 heterocycles. The number of hydrogen-bond acceptors (Lipinski definition) is 3. The molecule has 1 aliphatic rings. The number of aromatic carboxylic acids is 1. The van der Waals surface area contributed by atoms with Crippen molar-refractivity contribution in [2.24, 2.45) is 5.92 Å². The summed E-state index contributed by atoms with van der Waals surface area (Å²) >= 11 is 5.16. The third-order valence-electron chi connectivity index (χ3n) is 3.30. The van der Waals surface area contributed by atoms with Crippen LogP contribution in [0.3, 0.4) is 0 Å². The van der Waals surface area contributed by atoms with Gasteiger partial charge in [-0.05, 0) is 48.5 Å². The number of thioether (sulfide) groups is 1. The maximum atomic E-state index is 12.0. The van der Waals surface area contributed by atoms with Crippen LogP contribution >= 0.6 is 27.7 Å². The van der Waals surface area contributed by atoms with Crippen LogP contribution in [0.15, 0.2) is 22.7 Å². The van der Waals surface area contributed by atoms with E-state index in [-0.39, 0.29) is 11.5 Å². The lowest BCUT2D eigenvalue weighted by atomic mass is 9.98. The minimum atomic E-state index is -1.05. The highest BCUT2D eigenvalue weighted by Gasteiger charge is 2.19. The molecular weight excluding hydrogens is 342 g/mol. The highest BCUT2D eigenvalue weighted by Crippen LogP contribution is 2.26. The lowest BCUT2D eigenvalue weighted by molar-refractivity contribution is -0.117. The second-order valence-electron chi connectivity index (χ2n) is 4.80. The summed E-state index contributed by atoms with van der Waals surface area (Å²) in [6.45, 7) is 0. The molecule has 0 radical (unpaired) electrons. The van der Waals surface area contributed by atoms with Gasteiger partial charge in [0, 0.05) is 10.9 Å². The van der Waals surface area contributed by atoms with Crippen LogP contribution in [-0.4, -0.2) is 28.5 Å². The van der Waals surface area contributed by atoms with Gasteiger partial charge in [-0.15, -0.1) is 0 Å². The third kappa shape index (κ3) is 4.24. The molecule has 0 unspecified atom stereocenters. The van der Waals surface area contributed by atoms with Gasteiger partial charge in [0.25, 0.3) is 0 Å². The van der Waals surface area contributed by atoms with E-state index >= 15 is 0 Å². The number of benzene rings is 1. The maximum Gasteiger partial charge on any atom is 0.337 e. The van der Waals surface area contributed by atoms with Crippen molar-refractivity contribution >= 4 is 45.3 Å². The van der Waals surface area contributed by atoms with E-state index in [1.165, 1.54) is 6.07 Å². The fourth-order valence-corrected chi connectivity index (χ4v) is 3.78. The number of amides is 1. The molecule has 0 bridgehead atoms. The van der Waals surface area contributed by atoms with Crippen molar-refractivity contribution in [2.75, 3.05) is 16.8 Å². The minimum Gasteiger partial charge on any atom is -0.478 e. The third-order valence-corrected chi connectivity index (χ3v) is 4.84. The van der Waals surface area contributed by atoms with Crippen LogP contribution in [0.25, 0.3) is 0 Å². The molecule has 0 aromatic heterocycles. The van der Waals surface area contributed by atoms with Crippen LogP contribution in [-0.2, 0) is 4.79 Å². The molecule has 4 nitrogen and oxygen atoms in total. The van der Waals surface area contributed by atoms with Gasteiger partial charge >= 0.3 is 5.97 Å². The number of rotatable bonds is 4. The van der Waals surface area contributed by atoms with E-state index in [9.17, 15) is 9.59 Å². The summed E-state index contributed by atoms with van der Waals surface area (Å²) in [4.78, 5) is 23.2. The molecule has 1 amide bonds. The number of carboxylic acids is 1. The Morgan fingerprint density at radius 2 is 2.05 bits per heavy atom. The first-order valence-electron chi connectivity index (χ1n) is 6.46. The van der Waals surface area contributed by atoms with Crippen LogP contribution < -0.4 is 5.32 Å². The van der Waals surface area contributed by atoms with E-state index in [1.54, 1.807) is 12.1 Å². The lowest BCUT2D eigenvalue weighted by Crippen LogP contribution is -2.20. The first-order valence-corrected chi connectivity index (χ1v) is 8.41. The Balaban J connectivity index is 2.01. The Bertz CT molecular complexity index is 515. The first-order chi connectivity index (χ1) is 9.56. The molecule has 1 aromatic rings. The fourth-order valence-electron chi connectivity index (χ4n) is 2.22. The predicted octanol–water partition coefficient (Wildman–Crippen LogP) is 3.62. The Morgan fingerprint density at radius 3 is 2.70 bits per heavy atom. The molecule has 0 aliphatic carbocycles. The molecule has 2 rings (SSSR count). The van der Waals surface area contributed by atoms with E-state index in [4.69, 9.17) is 5.11 Å². The van der Waals surface area contributed by atoms with Gasteiger partial charge < -0.3 is 10.4 Å². The number of carbonyl (C=O) groups excluding carboxylic acids is 1. The SMILES string of the molecule is O=C(CC1CCSCC1)Nc1ccc(Br)cc1C(=O)O. The first kappa shape index (κ1) is 15.4. The summed E-state index contributed by atoms with van der Waals surface area (Å²) in [7, 11) is 0. The van der Waals surface area contributed by atoms with Crippen molar-refractivity contribution in [1.29, 1.82) is 0 Å². The zero-order valence-corrected chi connectivity index (χ0v) is 13.3. The predicted molar refractivity (Wildman–Crippen MR) is 84.4 cm³/mol. The molecule has 1 aromatic carbocycles. The van der Waals surface area contributed by atoms with Gasteiger partial charge in [-0.3, -0.25) is 4.79 Å². The fraction of sp³-hybridized carbons (Fsp3) is 0.429. The molecule has 6 heteroatoms. The molecule has 2 N–H and O–H groups in total. The van der Waals surface area contributed by atoms with Gasteiger partial charge in [0.1, 0.15) is 0 Å². The summed E-state index contributed by atoms with van der Waals surface area (Å²) in [5.41, 5.74) is 0.461. The Labute approximate surface area is 130 Å². The molecule has 108 valence electrons. The van der Waals surface area contributed by atoms with Gasteiger partial charge in [-0.1, -0.05) is 15.9 Å². The number of halogens is 1. The molecular formula is C14H16BrNO3S. The average molecular weight is 358 g/mol. The topological polar surface area (TPSA) is 66.4 Å². The second kappa shape index (κ2) is 7.13. The van der Waals surface area contributed by atoms with Crippen LogP contribution in [0.5, 0.6) is 0 Å². The van der Waals surface area contributed by atoms with Gasteiger partial charge in [-0.2, -0.15) is 11.8 Å². The van der Waals surface area contributed by atoms with E-state index in [2.05, 4.69) is 21.2 Å². The zero-order valence-electron chi connectivity index (χ0n) is 10.9. The average Bonchev–Trinajstić information content (AvgIpc) is 2.41. The number of carbonyl (C=O) groups is 2. The zero-order chi connectivity index (χ0) is 14.5. The van der Waals surface area contributed by atoms with E-state index in [0.29, 0.717) is 22.5 Å². The molecule has 1 fully saturated rings. The van der Waals surface area contributed by atoms with Gasteiger partial charge in [0.15, 0.2) is 0 Å². The minimum absolute atomic E-state index is 0.104. The van der Waals surface area contributed by atoms with E-state index < -0.39 is 5.97 Å². The summed E-state index contributed by atoms with van der Waals surface area (Å²) in [5.74, 6) is 1.48. The summed E-state index contributed by atoms with van der Waals surface area (Å²) in [5, 5.41) is 11.9. The maximum absolute atomic E-state index is 12.0. The van der Waals surface area contributed by atoms with Crippen molar-refractivity contribution in [3.8, 4) is 0 Å². The van der Waals surface area contributed by atoms with Crippen molar-refractivity contribution in [1.82, 2.24) is 0 Å². The smallest absolute Gasteiger partial charge is 0.337 e. The molecule has 1 aliphatic heterocycles. The van der Waals surface area contributed by atoms with E-state index in [0.717, 1.165) is 24.3 Å². The Hall–Kier alpha value is -1.01. The molecule has 20 heavy (non-hydrogen) atoms. The second-order valence-corrected chi connectivity index (χ2v) is 6.94. The van der Waals surface area contributed by atoms with E-state index in [1.807, 2.05) is 11.8 Å². The van der Waals surface area contributed by atoms with Crippen LogP contribution in [0.2, 0.25) is 0 Å². The lowest BCUT2D eigenvalue weighted by Gasteiger charge is -2.20. The van der Waals surface area contributed by atoms with Gasteiger partial charge in [0.2, 0.25) is 5.91 Å². The standard InChI is InChI=1S/C14H16BrNO3S/c15-10-1-2-12(11(8-10)14(18)19)16-13(17)7-9-3-5-20-6-4-9/h1-2,8-9H,3-7H2,(H,16,17)(H,18,19). The van der Waals surface area contributed by atoms with Crippen molar-refractivity contribution < 1.29 is 14.7 Å². The van der Waals surface area contributed by atoms with Crippen LogP contribution in [0.1, 0.15) is 29.6 Å². The number of anilines is 1. The van der Waals surface area contributed by atoms with Crippen molar-refractivity contribution in [2.45, 2.75) is 19.3 Å². The largest absolute Gasteiger partial charge is 0.478 e. The molecule has 1 saturated heterocycles. The van der Waals surface area contributed by atoms with Crippen LogP contribution in [0.4, 0.5) is 5.69 Å². The number of carboxylic acid groups (broad SMARTS) is 1. The molecule has 0 atom stereocenters. The number of hydrogen-bond donors (Lipinski definition) is 2. The normalized spacial score (nSPS) is 15.8. The van der Waals surface area contributed by atoms with Gasteiger partial charge in [0.05, 0.1) is 11.3 Å². The number of nitrogens with one attached hydrogen (secondary N) is 1. The summed E-state index contributed by atoms with van der Waals surface area (Å²) in [6, 6.07) is 4.83. The van der Waals surface area contributed by atoms with Crippen molar-refractivity contribution in [3.63, 3.8) is 0 Å².